The Morgan fingerprint density at radius 1 is 1.50 bits per heavy atom. The summed E-state index contributed by atoms with van der Waals surface area (Å²) in [6.07, 6.45) is 3.04. The Morgan fingerprint density at radius 2 is 2.25 bits per heavy atom. The summed E-state index contributed by atoms with van der Waals surface area (Å²) < 4.78 is 0. The Morgan fingerprint density at radius 3 is 2.67 bits per heavy atom. The van der Waals surface area contributed by atoms with Gasteiger partial charge in [-0.2, -0.15) is 0 Å². The van der Waals surface area contributed by atoms with E-state index >= 15 is 0 Å². The third kappa shape index (κ3) is 1.89. The molecule has 0 radical (unpaired) electrons. The van der Waals surface area contributed by atoms with Crippen molar-refractivity contribution in [2.75, 3.05) is 6.54 Å². The number of aromatic nitrogens is 1. The van der Waals surface area contributed by atoms with Crippen molar-refractivity contribution in [3.05, 3.63) is 29.0 Å². The molecule has 1 aliphatic rings. The zero-order valence-electron chi connectivity index (χ0n) is 6.46. The van der Waals surface area contributed by atoms with Crippen molar-refractivity contribution in [3.8, 4) is 0 Å². The van der Waals surface area contributed by atoms with Crippen LogP contribution in [0.1, 0.15) is 18.0 Å². The van der Waals surface area contributed by atoms with Crippen molar-refractivity contribution < 1.29 is 0 Å². The highest BCUT2D eigenvalue weighted by molar-refractivity contribution is 6.29. The number of nitrogens with zero attached hydrogens (tertiary/aromatic N) is 1. The summed E-state index contributed by atoms with van der Waals surface area (Å²) in [4.78, 5) is 4.01. The van der Waals surface area contributed by atoms with Gasteiger partial charge in [-0.05, 0) is 24.6 Å². The number of hydrogen-bond donors (Lipinski definition) is 1. The molecule has 1 N–H and O–H groups in total. The summed E-state index contributed by atoms with van der Waals surface area (Å²) in [7, 11) is 0. The van der Waals surface area contributed by atoms with Crippen LogP contribution in [0.3, 0.4) is 0 Å². The summed E-state index contributed by atoms with van der Waals surface area (Å²) >= 11 is 5.65. The van der Waals surface area contributed by atoms with Gasteiger partial charge in [0, 0.05) is 12.2 Å². The molecular weight excluding hydrogens is 195 g/mol. The molecule has 0 amide bonds. The molecule has 2 heterocycles. The van der Waals surface area contributed by atoms with Crippen LogP contribution in [0.25, 0.3) is 0 Å². The zero-order valence-corrected chi connectivity index (χ0v) is 8.03. The lowest BCUT2D eigenvalue weighted by Crippen LogP contribution is -2.34. The molecular formula is C8H10Cl2N2. The quantitative estimate of drug-likeness (QED) is 0.711. The third-order valence-electron chi connectivity index (χ3n) is 1.98. The van der Waals surface area contributed by atoms with E-state index in [1.165, 1.54) is 12.0 Å². The first-order valence-electron chi connectivity index (χ1n) is 3.71. The molecule has 66 valence electrons. The lowest BCUT2D eigenvalue weighted by Gasteiger charge is -2.27. The van der Waals surface area contributed by atoms with Crippen LogP contribution >= 0.6 is 24.0 Å². The molecule has 2 nitrogen and oxygen atoms in total. The van der Waals surface area contributed by atoms with E-state index in [0.717, 1.165) is 6.54 Å². The van der Waals surface area contributed by atoms with Gasteiger partial charge in [0.15, 0.2) is 0 Å². The predicted octanol–water partition coefficient (Wildman–Crippen LogP) is 2.19. The molecule has 0 aliphatic carbocycles. The van der Waals surface area contributed by atoms with Gasteiger partial charge in [-0.15, -0.1) is 12.4 Å². The molecule has 0 aromatic carbocycles. The van der Waals surface area contributed by atoms with E-state index in [-0.39, 0.29) is 12.4 Å². The van der Waals surface area contributed by atoms with E-state index in [1.54, 1.807) is 0 Å². The fourth-order valence-corrected chi connectivity index (χ4v) is 1.28. The normalized spacial score (nSPS) is 20.9. The van der Waals surface area contributed by atoms with Gasteiger partial charge in [0.25, 0.3) is 0 Å². The Labute approximate surface area is 82.7 Å². The largest absolute Gasteiger partial charge is 0.310 e. The van der Waals surface area contributed by atoms with Crippen molar-refractivity contribution >= 4 is 24.0 Å². The maximum absolute atomic E-state index is 5.65. The standard InChI is InChI=1S/C8H9ClN2.ClH/c9-8-2-1-6(5-11-8)7-3-4-10-7;/h1-2,5,7,10H,3-4H2;1H/t7-;/m1./s1. The third-order valence-corrected chi connectivity index (χ3v) is 2.20. The molecule has 0 unspecified atom stereocenters. The summed E-state index contributed by atoms with van der Waals surface area (Å²) in [5.41, 5.74) is 1.24. The van der Waals surface area contributed by atoms with E-state index in [4.69, 9.17) is 11.6 Å². The van der Waals surface area contributed by atoms with Gasteiger partial charge in [0.1, 0.15) is 5.15 Å². The van der Waals surface area contributed by atoms with Crippen LogP contribution in [0.2, 0.25) is 5.15 Å². The molecule has 1 fully saturated rings. The second-order valence-corrected chi connectivity index (χ2v) is 3.10. The van der Waals surface area contributed by atoms with Crippen LogP contribution in [-0.4, -0.2) is 11.5 Å². The van der Waals surface area contributed by atoms with Crippen LogP contribution in [-0.2, 0) is 0 Å². The van der Waals surface area contributed by atoms with Crippen LogP contribution in [0.15, 0.2) is 18.3 Å². The molecule has 0 saturated carbocycles. The molecule has 12 heavy (non-hydrogen) atoms. The van der Waals surface area contributed by atoms with Crippen LogP contribution in [0.5, 0.6) is 0 Å². The summed E-state index contributed by atoms with van der Waals surface area (Å²) in [5, 5.41) is 3.86. The molecule has 0 bridgehead atoms. The molecule has 0 spiro atoms. The molecule has 1 aromatic heterocycles. The molecule has 1 aromatic rings. The minimum atomic E-state index is 0. The number of hydrogen-bond acceptors (Lipinski definition) is 2. The van der Waals surface area contributed by atoms with Crippen molar-refractivity contribution in [2.45, 2.75) is 12.5 Å². The van der Waals surface area contributed by atoms with Crippen LogP contribution in [0.4, 0.5) is 0 Å². The zero-order chi connectivity index (χ0) is 7.68. The van der Waals surface area contributed by atoms with Crippen LogP contribution in [0, 0.1) is 0 Å². The maximum Gasteiger partial charge on any atom is 0.129 e. The van der Waals surface area contributed by atoms with Gasteiger partial charge in [-0.3, -0.25) is 0 Å². The highest BCUT2D eigenvalue weighted by Crippen LogP contribution is 2.22. The first-order valence-corrected chi connectivity index (χ1v) is 4.09. The predicted molar refractivity (Wildman–Crippen MR) is 51.9 cm³/mol. The van der Waals surface area contributed by atoms with Gasteiger partial charge < -0.3 is 5.32 Å². The first-order chi connectivity index (χ1) is 5.36. The number of pyridine rings is 1. The van der Waals surface area contributed by atoms with Crippen molar-refractivity contribution in [3.63, 3.8) is 0 Å². The van der Waals surface area contributed by atoms with Gasteiger partial charge >= 0.3 is 0 Å². The molecule has 2 rings (SSSR count). The highest BCUT2D eigenvalue weighted by atomic mass is 35.5. The Kier molecular flexibility index (Phi) is 3.32. The fourth-order valence-electron chi connectivity index (χ4n) is 1.17. The van der Waals surface area contributed by atoms with E-state index in [1.807, 2.05) is 18.3 Å². The Balaban J connectivity index is 0.000000720. The van der Waals surface area contributed by atoms with Crippen molar-refractivity contribution in [2.24, 2.45) is 0 Å². The average molecular weight is 205 g/mol. The molecule has 4 heteroatoms. The lowest BCUT2D eigenvalue weighted by atomic mass is 10.0. The number of rotatable bonds is 1. The van der Waals surface area contributed by atoms with Gasteiger partial charge in [-0.1, -0.05) is 17.7 Å². The topological polar surface area (TPSA) is 24.9 Å². The fraction of sp³-hybridized carbons (Fsp3) is 0.375. The smallest absolute Gasteiger partial charge is 0.129 e. The first kappa shape index (κ1) is 9.78. The molecule has 1 atom stereocenters. The monoisotopic (exact) mass is 204 g/mol. The average Bonchev–Trinajstić information content (AvgIpc) is 1.90. The lowest BCUT2D eigenvalue weighted by molar-refractivity contribution is 0.382. The number of nitrogens with one attached hydrogen (secondary N) is 1. The van der Waals surface area contributed by atoms with Gasteiger partial charge in [0.05, 0.1) is 0 Å². The maximum atomic E-state index is 5.65. The number of halogens is 2. The highest BCUT2D eigenvalue weighted by Gasteiger charge is 2.17. The second kappa shape index (κ2) is 4.08. The summed E-state index contributed by atoms with van der Waals surface area (Å²) in [6.45, 7) is 1.12. The second-order valence-electron chi connectivity index (χ2n) is 2.71. The van der Waals surface area contributed by atoms with E-state index in [9.17, 15) is 0 Å². The van der Waals surface area contributed by atoms with Crippen molar-refractivity contribution in [1.29, 1.82) is 0 Å². The minimum Gasteiger partial charge on any atom is -0.310 e. The Hall–Kier alpha value is -0.310. The minimum absolute atomic E-state index is 0. The van der Waals surface area contributed by atoms with E-state index < -0.39 is 0 Å². The van der Waals surface area contributed by atoms with Crippen molar-refractivity contribution in [1.82, 2.24) is 10.3 Å². The SMILES string of the molecule is Cl.Clc1ccc([C@H]2CCN2)cn1. The van der Waals surface area contributed by atoms with Gasteiger partial charge in [-0.25, -0.2) is 4.98 Å². The molecule has 1 saturated heterocycles. The van der Waals surface area contributed by atoms with Gasteiger partial charge in [0.2, 0.25) is 0 Å². The van der Waals surface area contributed by atoms with E-state index in [2.05, 4.69) is 10.3 Å². The van der Waals surface area contributed by atoms with Crippen LogP contribution < -0.4 is 5.32 Å². The summed E-state index contributed by atoms with van der Waals surface area (Å²) in [5.74, 6) is 0. The van der Waals surface area contributed by atoms with E-state index in [0.29, 0.717) is 11.2 Å². The summed E-state index contributed by atoms with van der Waals surface area (Å²) in [6, 6.07) is 4.36. The molecule has 1 aliphatic heterocycles. The Bertz CT molecular complexity index is 244.